The standard InChI is InChI=1S/C29H34N4O5/c1-28(2,3)38-27(35)31-20-16-23(17-20)36-21-10-6-18(7-11-21)29(4,5)19-8-12-22(13-9-19)37-25-15-14-24(26(30)34)32-33-25/h6-15,20,23H,16-17H2,1-5H3,(H2,30,34)(H,31,35). The van der Waals surface area contributed by atoms with Crippen molar-refractivity contribution in [3.05, 3.63) is 77.5 Å². The highest BCUT2D eigenvalue weighted by Crippen LogP contribution is 2.34. The molecule has 3 N–H and O–H groups in total. The van der Waals surface area contributed by atoms with Gasteiger partial charge in [0.05, 0.1) is 0 Å². The van der Waals surface area contributed by atoms with Crippen molar-refractivity contribution in [2.45, 2.75) is 70.6 Å². The normalized spacial score (nSPS) is 17.2. The van der Waals surface area contributed by atoms with Gasteiger partial charge in [-0.25, -0.2) is 4.79 Å². The molecule has 0 unspecified atom stereocenters. The molecule has 200 valence electrons. The maximum Gasteiger partial charge on any atom is 0.407 e. The third-order valence-corrected chi connectivity index (χ3v) is 6.39. The second-order valence-corrected chi connectivity index (χ2v) is 11.0. The molecule has 1 heterocycles. The lowest BCUT2D eigenvalue weighted by atomic mass is 9.78. The van der Waals surface area contributed by atoms with Gasteiger partial charge in [0, 0.05) is 30.4 Å². The first-order valence-corrected chi connectivity index (χ1v) is 12.6. The van der Waals surface area contributed by atoms with Crippen LogP contribution in [0.5, 0.6) is 17.4 Å². The molecule has 38 heavy (non-hydrogen) atoms. The lowest BCUT2D eigenvalue weighted by Crippen LogP contribution is -2.50. The first-order valence-electron chi connectivity index (χ1n) is 12.6. The van der Waals surface area contributed by atoms with Gasteiger partial charge in [0.2, 0.25) is 5.88 Å². The number of carbonyl (C=O) groups is 2. The van der Waals surface area contributed by atoms with Crippen molar-refractivity contribution in [3.8, 4) is 17.4 Å². The number of carbonyl (C=O) groups excluding carboxylic acids is 2. The molecule has 1 fully saturated rings. The molecule has 0 bridgehead atoms. The molecule has 1 aliphatic carbocycles. The Bertz CT molecular complexity index is 1260. The number of hydrogen-bond acceptors (Lipinski definition) is 7. The third-order valence-electron chi connectivity index (χ3n) is 6.39. The number of hydrogen-bond donors (Lipinski definition) is 2. The molecule has 0 spiro atoms. The van der Waals surface area contributed by atoms with Crippen molar-refractivity contribution in [3.63, 3.8) is 0 Å². The Balaban J connectivity index is 1.30. The minimum atomic E-state index is -0.639. The fraction of sp³-hybridized carbons (Fsp3) is 0.379. The van der Waals surface area contributed by atoms with Crippen LogP contribution in [0.25, 0.3) is 0 Å². The summed E-state index contributed by atoms with van der Waals surface area (Å²) in [4.78, 5) is 23.0. The molecule has 1 aromatic heterocycles. The molecule has 2 amide bonds. The SMILES string of the molecule is CC(C)(C)OC(=O)NC1CC(Oc2ccc(C(C)(C)c3ccc(Oc4ccc(C(N)=O)nn4)cc3)cc2)C1. The first kappa shape index (κ1) is 26.9. The molecular formula is C29H34N4O5. The number of ether oxygens (including phenoxy) is 3. The number of alkyl carbamates (subject to hydrolysis) is 1. The van der Waals surface area contributed by atoms with Crippen molar-refractivity contribution < 1.29 is 23.8 Å². The molecule has 2 aromatic carbocycles. The van der Waals surface area contributed by atoms with Crippen LogP contribution in [0.4, 0.5) is 4.79 Å². The Hall–Kier alpha value is -4.14. The molecule has 9 heteroatoms. The van der Waals surface area contributed by atoms with Crippen molar-refractivity contribution in [2.75, 3.05) is 0 Å². The van der Waals surface area contributed by atoms with Crippen molar-refractivity contribution >= 4 is 12.0 Å². The van der Waals surface area contributed by atoms with E-state index in [9.17, 15) is 9.59 Å². The number of nitrogens with two attached hydrogens (primary N) is 1. The fourth-order valence-electron chi connectivity index (χ4n) is 4.13. The maximum absolute atomic E-state index is 11.9. The molecule has 4 rings (SSSR count). The Morgan fingerprint density at radius 3 is 1.92 bits per heavy atom. The van der Waals surface area contributed by atoms with Crippen molar-refractivity contribution in [1.82, 2.24) is 15.5 Å². The van der Waals surface area contributed by atoms with Crippen LogP contribution in [-0.2, 0) is 10.2 Å². The monoisotopic (exact) mass is 518 g/mol. The van der Waals surface area contributed by atoms with Gasteiger partial charge < -0.3 is 25.3 Å². The second kappa shape index (κ2) is 10.7. The van der Waals surface area contributed by atoms with Crippen LogP contribution in [0.1, 0.15) is 69.1 Å². The Kier molecular flexibility index (Phi) is 7.57. The van der Waals surface area contributed by atoms with Crippen LogP contribution in [0.3, 0.4) is 0 Å². The number of nitrogens with one attached hydrogen (secondary N) is 1. The molecule has 0 radical (unpaired) electrons. The predicted octanol–water partition coefficient (Wildman–Crippen LogP) is 5.13. The zero-order chi connectivity index (χ0) is 27.5. The van der Waals surface area contributed by atoms with E-state index in [4.69, 9.17) is 19.9 Å². The van der Waals surface area contributed by atoms with Gasteiger partial charge in [-0.3, -0.25) is 4.79 Å². The average Bonchev–Trinajstić information content (AvgIpc) is 2.82. The van der Waals surface area contributed by atoms with Gasteiger partial charge in [0.1, 0.15) is 23.2 Å². The molecule has 9 nitrogen and oxygen atoms in total. The van der Waals surface area contributed by atoms with Crippen LogP contribution in [0, 0.1) is 0 Å². The highest BCUT2D eigenvalue weighted by atomic mass is 16.6. The number of aromatic nitrogens is 2. The molecule has 0 saturated heterocycles. The fourth-order valence-corrected chi connectivity index (χ4v) is 4.13. The quantitative estimate of drug-likeness (QED) is 0.423. The van der Waals surface area contributed by atoms with E-state index in [-0.39, 0.29) is 35.2 Å². The lowest BCUT2D eigenvalue weighted by Gasteiger charge is -2.36. The van der Waals surface area contributed by atoms with Gasteiger partial charge in [-0.2, -0.15) is 0 Å². The summed E-state index contributed by atoms with van der Waals surface area (Å²) in [5.41, 5.74) is 6.77. The molecule has 1 saturated carbocycles. The summed E-state index contributed by atoms with van der Waals surface area (Å²) >= 11 is 0. The van der Waals surface area contributed by atoms with Gasteiger partial charge in [0.25, 0.3) is 5.91 Å². The smallest absolute Gasteiger partial charge is 0.407 e. The van der Waals surface area contributed by atoms with Gasteiger partial charge in [-0.15, -0.1) is 10.2 Å². The van der Waals surface area contributed by atoms with Crippen LogP contribution >= 0.6 is 0 Å². The van der Waals surface area contributed by atoms with Crippen LogP contribution in [0.2, 0.25) is 0 Å². The van der Waals surface area contributed by atoms with Crippen molar-refractivity contribution in [1.29, 1.82) is 0 Å². The second-order valence-electron chi connectivity index (χ2n) is 11.0. The summed E-state index contributed by atoms with van der Waals surface area (Å²) in [5, 5.41) is 10.5. The lowest BCUT2D eigenvalue weighted by molar-refractivity contribution is 0.0362. The minimum Gasteiger partial charge on any atom is -0.490 e. The number of nitrogens with zero attached hydrogens (tertiary/aromatic N) is 2. The Morgan fingerprint density at radius 2 is 1.42 bits per heavy atom. The number of primary amides is 1. The zero-order valence-electron chi connectivity index (χ0n) is 22.4. The largest absolute Gasteiger partial charge is 0.490 e. The van der Waals surface area contributed by atoms with Crippen molar-refractivity contribution in [2.24, 2.45) is 5.73 Å². The molecule has 1 aliphatic rings. The van der Waals surface area contributed by atoms with Crippen LogP contribution in [-0.4, -0.2) is 39.9 Å². The minimum absolute atomic E-state index is 0.0676. The van der Waals surface area contributed by atoms with Crippen LogP contribution < -0.4 is 20.5 Å². The van der Waals surface area contributed by atoms with E-state index in [1.54, 1.807) is 6.07 Å². The van der Waals surface area contributed by atoms with E-state index in [1.165, 1.54) is 6.07 Å². The first-order chi connectivity index (χ1) is 17.9. The summed E-state index contributed by atoms with van der Waals surface area (Å²) in [7, 11) is 0. The number of benzene rings is 2. The van der Waals surface area contributed by atoms with Gasteiger partial charge in [-0.1, -0.05) is 38.1 Å². The van der Waals surface area contributed by atoms with Crippen LogP contribution in [0.15, 0.2) is 60.7 Å². The zero-order valence-corrected chi connectivity index (χ0v) is 22.4. The predicted molar refractivity (Wildman–Crippen MR) is 142 cm³/mol. The highest BCUT2D eigenvalue weighted by molar-refractivity contribution is 5.90. The summed E-state index contributed by atoms with van der Waals surface area (Å²) in [5.74, 6) is 1.04. The highest BCUT2D eigenvalue weighted by Gasteiger charge is 2.33. The molecular weight excluding hydrogens is 484 g/mol. The number of rotatable bonds is 8. The Morgan fingerprint density at radius 1 is 0.842 bits per heavy atom. The summed E-state index contributed by atoms with van der Waals surface area (Å²) in [6, 6.07) is 19.0. The summed E-state index contributed by atoms with van der Waals surface area (Å²) in [6.07, 6.45) is 1.18. The topological polar surface area (TPSA) is 126 Å². The van der Waals surface area contributed by atoms with E-state index in [0.29, 0.717) is 5.75 Å². The van der Waals surface area contributed by atoms with Gasteiger partial charge >= 0.3 is 6.09 Å². The summed E-state index contributed by atoms with van der Waals surface area (Å²) in [6.45, 7) is 9.86. The van der Waals surface area contributed by atoms with E-state index < -0.39 is 11.5 Å². The maximum atomic E-state index is 11.9. The molecule has 0 aliphatic heterocycles. The van der Waals surface area contributed by atoms with E-state index >= 15 is 0 Å². The molecule has 0 atom stereocenters. The van der Waals surface area contributed by atoms with Gasteiger partial charge in [-0.05, 0) is 62.2 Å². The number of amides is 2. The third kappa shape index (κ3) is 6.79. The van der Waals surface area contributed by atoms with E-state index in [2.05, 4.69) is 41.5 Å². The average molecular weight is 519 g/mol. The van der Waals surface area contributed by atoms with Gasteiger partial charge in [0.15, 0.2) is 5.69 Å². The van der Waals surface area contributed by atoms with E-state index in [1.807, 2.05) is 57.2 Å². The Labute approximate surface area is 222 Å². The van der Waals surface area contributed by atoms with E-state index in [0.717, 1.165) is 29.7 Å². The summed E-state index contributed by atoms with van der Waals surface area (Å²) < 4.78 is 17.1. The molecule has 3 aromatic rings.